The molecule has 1 fully saturated rings. The predicted octanol–water partition coefficient (Wildman–Crippen LogP) is 2.20. The Kier molecular flexibility index (Phi) is 5.35. The number of nitrogens with zero attached hydrogens (tertiary/aromatic N) is 1. The third kappa shape index (κ3) is 4.19. The zero-order chi connectivity index (χ0) is 17.6. The van der Waals surface area contributed by atoms with Gasteiger partial charge in [0.25, 0.3) is 5.91 Å². The highest BCUT2D eigenvalue weighted by molar-refractivity contribution is 6.02. The van der Waals surface area contributed by atoms with Crippen molar-refractivity contribution in [3.63, 3.8) is 0 Å². The van der Waals surface area contributed by atoms with Gasteiger partial charge in [-0.1, -0.05) is 12.1 Å². The Morgan fingerprint density at radius 2 is 2.04 bits per heavy atom. The van der Waals surface area contributed by atoms with Crippen LogP contribution >= 0.6 is 0 Å². The number of furan rings is 1. The first kappa shape index (κ1) is 17.0. The molecule has 2 aromatic rings. The van der Waals surface area contributed by atoms with E-state index in [4.69, 9.17) is 4.42 Å². The molecule has 0 aliphatic carbocycles. The Hall–Kier alpha value is -2.80. The molecule has 3 rings (SSSR count). The number of likely N-dealkylation sites (tertiary alicyclic amines) is 1. The quantitative estimate of drug-likeness (QED) is 0.776. The van der Waals surface area contributed by atoms with Crippen LogP contribution in [0.5, 0.6) is 0 Å². The summed E-state index contributed by atoms with van der Waals surface area (Å²) in [5.41, 5.74) is 1.57. The lowest BCUT2D eigenvalue weighted by atomic mass is 10.2. The van der Waals surface area contributed by atoms with Gasteiger partial charge in [-0.25, -0.2) is 4.79 Å². The van der Waals surface area contributed by atoms with E-state index in [1.54, 1.807) is 29.2 Å². The highest BCUT2D eigenvalue weighted by Crippen LogP contribution is 2.17. The summed E-state index contributed by atoms with van der Waals surface area (Å²) in [6.45, 7) is 1.06. The average molecular weight is 343 g/mol. The SMILES string of the molecule is O=C(Nc1ccc(CNC(=O)N2CCC[C@H]2CO)cc1)c1ccco1. The number of benzene rings is 1. The van der Waals surface area contributed by atoms with Gasteiger partial charge in [0.2, 0.25) is 0 Å². The second-order valence-electron chi connectivity index (χ2n) is 5.96. The smallest absolute Gasteiger partial charge is 0.317 e. The van der Waals surface area contributed by atoms with E-state index in [-0.39, 0.29) is 30.3 Å². The molecule has 0 radical (unpaired) electrons. The Morgan fingerprint density at radius 3 is 2.72 bits per heavy atom. The summed E-state index contributed by atoms with van der Waals surface area (Å²) in [5, 5.41) is 14.9. The second-order valence-corrected chi connectivity index (χ2v) is 5.96. The van der Waals surface area contributed by atoms with Gasteiger partial charge in [-0.2, -0.15) is 0 Å². The topological polar surface area (TPSA) is 94.8 Å². The molecule has 132 valence electrons. The first-order valence-electron chi connectivity index (χ1n) is 8.26. The molecule has 1 aliphatic rings. The zero-order valence-corrected chi connectivity index (χ0v) is 13.8. The number of carbonyl (C=O) groups excluding carboxylic acids is 2. The molecule has 7 heteroatoms. The fourth-order valence-electron chi connectivity index (χ4n) is 2.88. The highest BCUT2D eigenvalue weighted by atomic mass is 16.3. The number of hydrogen-bond donors (Lipinski definition) is 3. The van der Waals surface area contributed by atoms with Crippen molar-refractivity contribution in [3.05, 3.63) is 54.0 Å². The Morgan fingerprint density at radius 1 is 1.24 bits per heavy atom. The van der Waals surface area contributed by atoms with E-state index in [1.807, 2.05) is 12.1 Å². The summed E-state index contributed by atoms with van der Waals surface area (Å²) >= 11 is 0. The average Bonchev–Trinajstić information content (AvgIpc) is 3.32. The number of aliphatic hydroxyl groups excluding tert-OH is 1. The number of rotatable bonds is 5. The Bertz CT molecular complexity index is 712. The van der Waals surface area contributed by atoms with Gasteiger partial charge in [0.15, 0.2) is 5.76 Å². The summed E-state index contributed by atoms with van der Waals surface area (Å²) in [5.74, 6) is -0.0597. The maximum absolute atomic E-state index is 12.2. The van der Waals surface area contributed by atoms with Gasteiger partial charge in [-0.05, 0) is 42.7 Å². The highest BCUT2D eigenvalue weighted by Gasteiger charge is 2.27. The molecule has 0 saturated carbocycles. The minimum absolute atomic E-state index is 0.00250. The van der Waals surface area contributed by atoms with Crippen molar-refractivity contribution in [3.8, 4) is 0 Å². The first-order chi connectivity index (χ1) is 12.2. The molecule has 1 aliphatic heterocycles. The fourth-order valence-corrected chi connectivity index (χ4v) is 2.88. The lowest BCUT2D eigenvalue weighted by Crippen LogP contribution is -2.43. The van der Waals surface area contributed by atoms with Crippen LogP contribution in [0.25, 0.3) is 0 Å². The van der Waals surface area contributed by atoms with Gasteiger partial charge in [0, 0.05) is 18.8 Å². The molecule has 0 spiro atoms. The van der Waals surface area contributed by atoms with Crippen molar-refractivity contribution in [1.29, 1.82) is 0 Å². The number of anilines is 1. The number of carbonyl (C=O) groups is 2. The van der Waals surface area contributed by atoms with Gasteiger partial charge in [0.1, 0.15) is 0 Å². The van der Waals surface area contributed by atoms with Crippen molar-refractivity contribution in [2.75, 3.05) is 18.5 Å². The number of nitrogens with one attached hydrogen (secondary N) is 2. The van der Waals surface area contributed by atoms with Crippen LogP contribution in [0.15, 0.2) is 47.1 Å². The standard InChI is InChI=1S/C18H21N3O4/c22-12-15-3-1-9-21(15)18(24)19-11-13-5-7-14(8-6-13)20-17(23)16-4-2-10-25-16/h2,4-8,10,15,22H,1,3,9,11-12H2,(H,19,24)(H,20,23)/t15-/m0/s1. The molecule has 2 heterocycles. The minimum atomic E-state index is -0.310. The molecule has 1 saturated heterocycles. The summed E-state index contributed by atoms with van der Waals surface area (Å²) in [4.78, 5) is 25.7. The lowest BCUT2D eigenvalue weighted by molar-refractivity contribution is 0.0996. The van der Waals surface area contributed by atoms with Crippen LogP contribution in [0.2, 0.25) is 0 Å². The molecule has 3 N–H and O–H groups in total. The molecule has 1 aromatic carbocycles. The van der Waals surface area contributed by atoms with Gasteiger partial charge >= 0.3 is 6.03 Å². The third-order valence-corrected chi connectivity index (χ3v) is 4.25. The number of hydrogen-bond acceptors (Lipinski definition) is 4. The van der Waals surface area contributed by atoms with E-state index in [0.29, 0.717) is 18.8 Å². The Labute approximate surface area is 145 Å². The maximum Gasteiger partial charge on any atom is 0.317 e. The molecular weight excluding hydrogens is 322 g/mol. The molecule has 0 bridgehead atoms. The van der Waals surface area contributed by atoms with E-state index >= 15 is 0 Å². The second kappa shape index (κ2) is 7.85. The zero-order valence-electron chi connectivity index (χ0n) is 13.8. The number of aliphatic hydroxyl groups is 1. The third-order valence-electron chi connectivity index (χ3n) is 4.25. The predicted molar refractivity (Wildman–Crippen MR) is 92.2 cm³/mol. The van der Waals surface area contributed by atoms with Crippen molar-refractivity contribution < 1.29 is 19.1 Å². The van der Waals surface area contributed by atoms with Crippen LogP contribution in [0.4, 0.5) is 10.5 Å². The van der Waals surface area contributed by atoms with Crippen molar-refractivity contribution in [1.82, 2.24) is 10.2 Å². The van der Waals surface area contributed by atoms with Crippen molar-refractivity contribution in [2.45, 2.75) is 25.4 Å². The van der Waals surface area contributed by atoms with E-state index < -0.39 is 0 Å². The van der Waals surface area contributed by atoms with Gasteiger partial charge in [-0.15, -0.1) is 0 Å². The van der Waals surface area contributed by atoms with Crippen molar-refractivity contribution in [2.24, 2.45) is 0 Å². The van der Waals surface area contributed by atoms with Crippen LogP contribution in [0.1, 0.15) is 29.0 Å². The van der Waals surface area contributed by atoms with E-state index in [1.165, 1.54) is 6.26 Å². The molecule has 25 heavy (non-hydrogen) atoms. The number of urea groups is 1. The van der Waals surface area contributed by atoms with E-state index in [2.05, 4.69) is 10.6 Å². The minimum Gasteiger partial charge on any atom is -0.459 e. The molecule has 1 atom stereocenters. The monoisotopic (exact) mass is 343 g/mol. The van der Waals surface area contributed by atoms with Gasteiger partial charge in [-0.3, -0.25) is 4.79 Å². The molecule has 3 amide bonds. The summed E-state index contributed by atoms with van der Waals surface area (Å²) in [7, 11) is 0. The van der Waals surface area contributed by atoms with Crippen molar-refractivity contribution >= 4 is 17.6 Å². The summed E-state index contributed by atoms with van der Waals surface area (Å²) in [6, 6.07) is 10.2. The summed E-state index contributed by atoms with van der Waals surface area (Å²) in [6.07, 6.45) is 3.21. The van der Waals surface area contributed by atoms with Gasteiger partial charge in [0.05, 0.1) is 18.9 Å². The first-order valence-corrected chi connectivity index (χ1v) is 8.26. The van der Waals surface area contributed by atoms with Crippen LogP contribution < -0.4 is 10.6 Å². The Balaban J connectivity index is 1.51. The number of amides is 3. The normalized spacial score (nSPS) is 16.7. The summed E-state index contributed by atoms with van der Waals surface area (Å²) < 4.78 is 5.04. The molecule has 1 aromatic heterocycles. The van der Waals surface area contributed by atoms with E-state index in [9.17, 15) is 14.7 Å². The lowest BCUT2D eigenvalue weighted by Gasteiger charge is -2.23. The largest absolute Gasteiger partial charge is 0.459 e. The maximum atomic E-state index is 12.2. The van der Waals surface area contributed by atoms with Gasteiger partial charge < -0.3 is 25.1 Å². The van der Waals surface area contributed by atoms with Crippen LogP contribution in [-0.4, -0.2) is 41.1 Å². The molecular formula is C18H21N3O4. The fraction of sp³-hybridized carbons (Fsp3) is 0.333. The van der Waals surface area contributed by atoms with E-state index in [0.717, 1.165) is 18.4 Å². The molecule has 7 nitrogen and oxygen atoms in total. The van der Waals surface area contributed by atoms with Crippen LogP contribution in [-0.2, 0) is 6.54 Å². The van der Waals surface area contributed by atoms with Crippen LogP contribution in [0.3, 0.4) is 0 Å². The van der Waals surface area contributed by atoms with Crippen LogP contribution in [0, 0.1) is 0 Å². The molecule has 0 unspecified atom stereocenters.